The average molecular weight is 554 g/mol. The highest BCUT2D eigenvalue weighted by atomic mass is 35.5. The maximum Gasteiger partial charge on any atom is 0.416 e. The second kappa shape index (κ2) is 11.0. The van der Waals surface area contributed by atoms with Crippen LogP contribution >= 0.6 is 11.6 Å². The minimum Gasteiger partial charge on any atom is -0.322 e. The monoisotopic (exact) mass is 553 g/mol. The minimum absolute atomic E-state index is 0.0413. The van der Waals surface area contributed by atoms with E-state index in [9.17, 15) is 18.0 Å². The van der Waals surface area contributed by atoms with Crippen LogP contribution in [-0.2, 0) is 12.7 Å². The topological polar surface area (TPSA) is 78.7 Å². The Hall–Kier alpha value is -3.98. The molecule has 39 heavy (non-hydrogen) atoms. The SMILES string of the molecule is CN1CCN(Cc2ccc(NC(=O)c3cncc(C#Cc4cnc5ccc(Cl)nn45)c3)cc2C(F)(F)F)CC1. The lowest BCUT2D eigenvalue weighted by atomic mass is 10.0. The molecule has 200 valence electrons. The molecule has 0 spiro atoms. The van der Waals surface area contributed by atoms with Gasteiger partial charge in [0, 0.05) is 56.4 Å². The largest absolute Gasteiger partial charge is 0.416 e. The average Bonchev–Trinajstić information content (AvgIpc) is 3.31. The first kappa shape index (κ1) is 26.6. The van der Waals surface area contributed by atoms with E-state index in [2.05, 4.69) is 37.1 Å². The number of nitrogens with one attached hydrogen (secondary N) is 1. The number of benzene rings is 1. The number of aromatic nitrogens is 4. The van der Waals surface area contributed by atoms with Crippen molar-refractivity contribution < 1.29 is 18.0 Å². The zero-order valence-corrected chi connectivity index (χ0v) is 21.6. The van der Waals surface area contributed by atoms with Gasteiger partial charge in [-0.1, -0.05) is 23.6 Å². The van der Waals surface area contributed by atoms with Crippen LogP contribution in [0.1, 0.15) is 32.7 Å². The summed E-state index contributed by atoms with van der Waals surface area (Å²) in [6.45, 7) is 3.18. The highest BCUT2D eigenvalue weighted by molar-refractivity contribution is 6.29. The Morgan fingerprint density at radius 1 is 1.05 bits per heavy atom. The normalized spacial score (nSPS) is 14.7. The van der Waals surface area contributed by atoms with E-state index in [-0.39, 0.29) is 28.5 Å². The van der Waals surface area contributed by atoms with Crippen molar-refractivity contribution in [3.8, 4) is 11.8 Å². The number of alkyl halides is 3. The summed E-state index contributed by atoms with van der Waals surface area (Å²) in [6, 6.07) is 8.71. The molecule has 0 atom stereocenters. The zero-order valence-electron chi connectivity index (χ0n) is 20.8. The fraction of sp³-hybridized carbons (Fsp3) is 0.259. The van der Waals surface area contributed by atoms with E-state index in [0.717, 1.165) is 19.2 Å². The van der Waals surface area contributed by atoms with Crippen molar-refractivity contribution in [1.29, 1.82) is 0 Å². The van der Waals surface area contributed by atoms with Crippen molar-refractivity contribution in [1.82, 2.24) is 29.4 Å². The molecule has 8 nitrogen and oxygen atoms in total. The Morgan fingerprint density at radius 2 is 1.85 bits per heavy atom. The van der Waals surface area contributed by atoms with Gasteiger partial charge in [-0.3, -0.25) is 14.7 Å². The summed E-state index contributed by atoms with van der Waals surface area (Å²) in [5.74, 6) is 5.22. The van der Waals surface area contributed by atoms with Crippen molar-refractivity contribution in [2.45, 2.75) is 12.7 Å². The Balaban J connectivity index is 1.33. The van der Waals surface area contributed by atoms with Crippen molar-refractivity contribution in [3.63, 3.8) is 0 Å². The van der Waals surface area contributed by atoms with Crippen molar-refractivity contribution in [2.24, 2.45) is 0 Å². The first-order valence-electron chi connectivity index (χ1n) is 12.1. The number of fused-ring (bicyclic) bond motifs is 1. The van der Waals surface area contributed by atoms with Gasteiger partial charge in [-0.25, -0.2) is 9.50 Å². The fourth-order valence-corrected chi connectivity index (χ4v) is 4.35. The number of likely N-dealkylation sites (N-methyl/N-ethyl adjacent to an activating group) is 1. The molecule has 1 aromatic carbocycles. The van der Waals surface area contributed by atoms with Gasteiger partial charge in [0.05, 0.1) is 17.3 Å². The van der Waals surface area contributed by atoms with E-state index in [1.54, 1.807) is 18.3 Å². The van der Waals surface area contributed by atoms with E-state index in [1.165, 1.54) is 35.1 Å². The molecule has 1 N–H and O–H groups in total. The molecule has 1 fully saturated rings. The number of pyridine rings is 1. The van der Waals surface area contributed by atoms with Crippen LogP contribution in [0.5, 0.6) is 0 Å². The molecule has 0 saturated carbocycles. The molecule has 0 unspecified atom stereocenters. The molecule has 1 amide bonds. The number of hydrogen-bond acceptors (Lipinski definition) is 6. The third kappa shape index (κ3) is 6.37. The molecule has 1 aliphatic rings. The van der Waals surface area contributed by atoms with Crippen LogP contribution in [0.25, 0.3) is 5.65 Å². The molecular formula is C27H23ClF3N7O. The van der Waals surface area contributed by atoms with Gasteiger partial charge in [0.1, 0.15) is 10.8 Å². The maximum atomic E-state index is 13.9. The number of imidazole rings is 1. The first-order valence-corrected chi connectivity index (χ1v) is 12.4. The Kier molecular flexibility index (Phi) is 7.52. The van der Waals surface area contributed by atoms with E-state index in [4.69, 9.17) is 11.6 Å². The molecule has 0 bridgehead atoms. The summed E-state index contributed by atoms with van der Waals surface area (Å²) >= 11 is 5.95. The van der Waals surface area contributed by atoms with Crippen LogP contribution in [0, 0.1) is 11.8 Å². The molecule has 4 heterocycles. The van der Waals surface area contributed by atoms with Gasteiger partial charge in [0.15, 0.2) is 5.65 Å². The molecule has 4 aromatic rings. The van der Waals surface area contributed by atoms with Gasteiger partial charge in [0.25, 0.3) is 5.91 Å². The Morgan fingerprint density at radius 3 is 2.62 bits per heavy atom. The number of hydrogen-bond donors (Lipinski definition) is 1. The fourth-order valence-electron chi connectivity index (χ4n) is 4.21. The van der Waals surface area contributed by atoms with Gasteiger partial charge in [-0.15, -0.1) is 0 Å². The van der Waals surface area contributed by atoms with Crippen LogP contribution < -0.4 is 5.32 Å². The lowest BCUT2D eigenvalue weighted by Gasteiger charge is -2.33. The highest BCUT2D eigenvalue weighted by Gasteiger charge is 2.34. The van der Waals surface area contributed by atoms with Gasteiger partial charge >= 0.3 is 6.18 Å². The summed E-state index contributed by atoms with van der Waals surface area (Å²) in [4.78, 5) is 25.3. The predicted molar refractivity (Wildman–Crippen MR) is 140 cm³/mol. The maximum absolute atomic E-state index is 13.9. The van der Waals surface area contributed by atoms with Crippen LogP contribution in [0.15, 0.2) is 55.0 Å². The lowest BCUT2D eigenvalue weighted by Crippen LogP contribution is -2.44. The molecule has 1 saturated heterocycles. The summed E-state index contributed by atoms with van der Waals surface area (Å²) in [5.41, 5.74) is 1.08. The number of nitrogens with zero attached hydrogens (tertiary/aromatic N) is 6. The number of carbonyl (C=O) groups excluding carboxylic acids is 1. The zero-order chi connectivity index (χ0) is 27.6. The number of anilines is 1. The molecule has 5 rings (SSSR count). The highest BCUT2D eigenvalue weighted by Crippen LogP contribution is 2.34. The first-order chi connectivity index (χ1) is 18.7. The second-order valence-electron chi connectivity index (χ2n) is 9.19. The Bertz CT molecular complexity index is 1580. The molecule has 1 aliphatic heterocycles. The van der Waals surface area contributed by atoms with Gasteiger partial charge in [-0.05, 0) is 48.9 Å². The summed E-state index contributed by atoms with van der Waals surface area (Å²) in [5, 5.41) is 6.99. The van der Waals surface area contributed by atoms with Gasteiger partial charge in [-0.2, -0.15) is 18.3 Å². The standard InChI is InChI=1S/C27H23ClF3N7O/c1-36-8-10-37(11-9-36)17-19-3-4-21(13-23(19)27(29,30)31)34-26(39)20-12-18(14-32-15-20)2-5-22-16-33-25-7-6-24(28)35-38(22)25/h3-4,6-7,12-16H,8-11,17H2,1H3,(H,34,39). The number of carbonyl (C=O) groups is 1. The van der Waals surface area contributed by atoms with Crippen LogP contribution in [-0.4, -0.2) is 68.5 Å². The molecule has 3 aromatic heterocycles. The lowest BCUT2D eigenvalue weighted by molar-refractivity contribution is -0.138. The third-order valence-electron chi connectivity index (χ3n) is 6.33. The summed E-state index contributed by atoms with van der Waals surface area (Å²) < 4.78 is 43.2. The Labute approximate surface area is 227 Å². The third-order valence-corrected chi connectivity index (χ3v) is 6.53. The number of piperazine rings is 1. The molecule has 0 radical (unpaired) electrons. The number of amides is 1. The molecule has 12 heteroatoms. The smallest absolute Gasteiger partial charge is 0.322 e. The van der Waals surface area contributed by atoms with Crippen LogP contribution in [0.3, 0.4) is 0 Å². The van der Waals surface area contributed by atoms with E-state index in [1.807, 2.05) is 11.9 Å². The van der Waals surface area contributed by atoms with E-state index in [0.29, 0.717) is 30.0 Å². The van der Waals surface area contributed by atoms with Gasteiger partial charge < -0.3 is 10.2 Å². The quantitative estimate of drug-likeness (QED) is 0.382. The molecular weight excluding hydrogens is 531 g/mol. The minimum atomic E-state index is -4.56. The predicted octanol–water partition coefficient (Wildman–Crippen LogP) is 4.20. The van der Waals surface area contributed by atoms with Crippen molar-refractivity contribution >= 4 is 28.8 Å². The molecule has 0 aliphatic carbocycles. The van der Waals surface area contributed by atoms with E-state index < -0.39 is 17.6 Å². The van der Waals surface area contributed by atoms with E-state index >= 15 is 0 Å². The number of rotatable bonds is 4. The van der Waals surface area contributed by atoms with Crippen molar-refractivity contribution in [3.05, 3.63) is 88.1 Å². The summed E-state index contributed by atoms with van der Waals surface area (Å²) in [6.07, 6.45) is -0.220. The van der Waals surface area contributed by atoms with Gasteiger partial charge in [0.2, 0.25) is 0 Å². The van der Waals surface area contributed by atoms with Crippen LogP contribution in [0.2, 0.25) is 5.15 Å². The summed E-state index contributed by atoms with van der Waals surface area (Å²) in [7, 11) is 1.99. The van der Waals surface area contributed by atoms with Crippen LogP contribution in [0.4, 0.5) is 18.9 Å². The van der Waals surface area contributed by atoms with Crippen molar-refractivity contribution in [2.75, 3.05) is 38.5 Å². The number of halogens is 4. The second-order valence-corrected chi connectivity index (χ2v) is 9.57.